The molecule has 0 radical (unpaired) electrons. The van der Waals surface area contributed by atoms with Gasteiger partial charge in [-0.1, -0.05) is 18.2 Å². The number of methoxy groups -OCH3 is 1. The van der Waals surface area contributed by atoms with E-state index >= 15 is 0 Å². The largest absolute Gasteiger partial charge is 0.496 e. The number of ether oxygens (including phenoxy) is 1. The van der Waals surface area contributed by atoms with Crippen molar-refractivity contribution < 1.29 is 13.9 Å². The monoisotopic (exact) mass is 271 g/mol. The van der Waals surface area contributed by atoms with Crippen LogP contribution in [0.1, 0.15) is 24.2 Å². The highest BCUT2D eigenvalue weighted by Crippen LogP contribution is 2.51. The van der Waals surface area contributed by atoms with Crippen LogP contribution in [0, 0.1) is 0 Å². The predicted octanol–water partition coefficient (Wildman–Crippen LogP) is 2.64. The number of hydrogen-bond donors (Lipinski definition) is 1. The topological polar surface area (TPSA) is 51.5 Å². The molecule has 1 aliphatic rings. The molecule has 1 heterocycles. The van der Waals surface area contributed by atoms with Crippen LogP contribution in [0.4, 0.5) is 0 Å². The van der Waals surface area contributed by atoms with Gasteiger partial charge in [0.2, 0.25) is 5.91 Å². The second kappa shape index (κ2) is 5.04. The molecule has 1 amide bonds. The molecule has 1 saturated carbocycles. The van der Waals surface area contributed by atoms with E-state index in [9.17, 15) is 4.79 Å². The van der Waals surface area contributed by atoms with Crippen molar-refractivity contribution in [2.24, 2.45) is 0 Å². The second-order valence-electron chi connectivity index (χ2n) is 5.04. The van der Waals surface area contributed by atoms with Crippen molar-refractivity contribution in [3.05, 3.63) is 54.0 Å². The van der Waals surface area contributed by atoms with Gasteiger partial charge in [-0.2, -0.15) is 0 Å². The molecule has 0 bridgehead atoms. The molecule has 20 heavy (non-hydrogen) atoms. The molecule has 104 valence electrons. The second-order valence-corrected chi connectivity index (χ2v) is 5.04. The first-order chi connectivity index (χ1) is 9.76. The summed E-state index contributed by atoms with van der Waals surface area (Å²) < 4.78 is 10.6. The number of rotatable bonds is 5. The van der Waals surface area contributed by atoms with Gasteiger partial charge in [0.25, 0.3) is 0 Å². The third kappa shape index (κ3) is 2.18. The molecule has 4 heteroatoms. The van der Waals surface area contributed by atoms with Gasteiger partial charge in [0.15, 0.2) is 0 Å². The van der Waals surface area contributed by atoms with E-state index in [1.165, 1.54) is 0 Å². The fourth-order valence-electron chi connectivity index (χ4n) is 2.53. The first-order valence-electron chi connectivity index (χ1n) is 6.70. The Morgan fingerprint density at radius 1 is 1.30 bits per heavy atom. The van der Waals surface area contributed by atoms with Gasteiger partial charge in [-0.15, -0.1) is 0 Å². The molecule has 1 aliphatic carbocycles. The van der Waals surface area contributed by atoms with Crippen LogP contribution in [0.5, 0.6) is 5.75 Å². The molecule has 3 rings (SSSR count). The van der Waals surface area contributed by atoms with Crippen LogP contribution < -0.4 is 10.1 Å². The highest BCUT2D eigenvalue weighted by Gasteiger charge is 2.52. The summed E-state index contributed by atoms with van der Waals surface area (Å²) in [6.07, 6.45) is 3.32. The van der Waals surface area contributed by atoms with E-state index < -0.39 is 5.41 Å². The normalized spacial score (nSPS) is 15.7. The Morgan fingerprint density at radius 2 is 2.10 bits per heavy atom. The van der Waals surface area contributed by atoms with Gasteiger partial charge < -0.3 is 14.5 Å². The van der Waals surface area contributed by atoms with Crippen LogP contribution in [-0.2, 0) is 16.8 Å². The van der Waals surface area contributed by atoms with Crippen LogP contribution in [-0.4, -0.2) is 13.0 Å². The summed E-state index contributed by atoms with van der Waals surface area (Å²) >= 11 is 0. The Balaban J connectivity index is 1.76. The van der Waals surface area contributed by atoms with Crippen molar-refractivity contribution in [3.63, 3.8) is 0 Å². The summed E-state index contributed by atoms with van der Waals surface area (Å²) in [5.74, 6) is 1.57. The number of amides is 1. The maximum Gasteiger partial charge on any atom is 0.231 e. The van der Waals surface area contributed by atoms with Gasteiger partial charge in [-0.25, -0.2) is 0 Å². The minimum absolute atomic E-state index is 0.0402. The van der Waals surface area contributed by atoms with E-state index in [0.717, 1.165) is 29.9 Å². The lowest BCUT2D eigenvalue weighted by molar-refractivity contribution is -0.123. The van der Waals surface area contributed by atoms with Crippen molar-refractivity contribution in [2.75, 3.05) is 7.11 Å². The quantitative estimate of drug-likeness (QED) is 0.909. The molecular formula is C16H17NO3. The van der Waals surface area contributed by atoms with Crippen molar-refractivity contribution in [1.29, 1.82) is 0 Å². The van der Waals surface area contributed by atoms with Crippen LogP contribution in [0.2, 0.25) is 0 Å². The molecular weight excluding hydrogens is 254 g/mol. The van der Waals surface area contributed by atoms with Crippen molar-refractivity contribution >= 4 is 5.91 Å². The highest BCUT2D eigenvalue weighted by molar-refractivity contribution is 5.92. The van der Waals surface area contributed by atoms with Crippen LogP contribution in [0.15, 0.2) is 47.1 Å². The summed E-state index contributed by atoms with van der Waals surface area (Å²) in [6.45, 7) is 0.419. The Bertz CT molecular complexity index is 600. The number of benzene rings is 1. The van der Waals surface area contributed by atoms with E-state index in [1.54, 1.807) is 13.4 Å². The number of carbonyl (C=O) groups is 1. The summed E-state index contributed by atoms with van der Waals surface area (Å²) in [5, 5.41) is 2.95. The van der Waals surface area contributed by atoms with Crippen molar-refractivity contribution in [1.82, 2.24) is 5.32 Å². The molecule has 1 aromatic heterocycles. The van der Waals surface area contributed by atoms with Gasteiger partial charge in [0, 0.05) is 5.56 Å². The van der Waals surface area contributed by atoms with E-state index in [-0.39, 0.29) is 5.91 Å². The third-order valence-corrected chi connectivity index (χ3v) is 3.81. The Labute approximate surface area is 117 Å². The van der Waals surface area contributed by atoms with Gasteiger partial charge >= 0.3 is 0 Å². The molecule has 0 atom stereocenters. The molecule has 1 aromatic carbocycles. The Hall–Kier alpha value is -2.23. The minimum Gasteiger partial charge on any atom is -0.496 e. The smallest absolute Gasteiger partial charge is 0.231 e. The molecule has 0 unspecified atom stereocenters. The number of furan rings is 1. The first kappa shape index (κ1) is 12.8. The average molecular weight is 271 g/mol. The maximum absolute atomic E-state index is 12.5. The third-order valence-electron chi connectivity index (χ3n) is 3.81. The van der Waals surface area contributed by atoms with Gasteiger partial charge in [0.05, 0.1) is 25.3 Å². The fourth-order valence-corrected chi connectivity index (χ4v) is 2.53. The van der Waals surface area contributed by atoms with E-state index in [2.05, 4.69) is 5.32 Å². The minimum atomic E-state index is -0.431. The van der Waals surface area contributed by atoms with E-state index in [4.69, 9.17) is 9.15 Å². The SMILES string of the molecule is COc1ccccc1C1(C(=O)NCc2ccco2)CC1. The lowest BCUT2D eigenvalue weighted by Crippen LogP contribution is -2.34. The molecule has 0 saturated heterocycles. The maximum atomic E-state index is 12.5. The van der Waals surface area contributed by atoms with Crippen LogP contribution in [0.3, 0.4) is 0 Å². The molecule has 1 N–H and O–H groups in total. The number of para-hydroxylation sites is 1. The lowest BCUT2D eigenvalue weighted by Gasteiger charge is -2.18. The van der Waals surface area contributed by atoms with Crippen molar-refractivity contribution in [3.8, 4) is 5.75 Å². The number of nitrogens with one attached hydrogen (secondary N) is 1. The van der Waals surface area contributed by atoms with Crippen molar-refractivity contribution in [2.45, 2.75) is 24.8 Å². The van der Waals surface area contributed by atoms with E-state index in [1.807, 2.05) is 36.4 Å². The zero-order chi connectivity index (χ0) is 14.0. The molecule has 0 aliphatic heterocycles. The molecule has 1 fully saturated rings. The van der Waals surface area contributed by atoms with Crippen LogP contribution in [0.25, 0.3) is 0 Å². The highest BCUT2D eigenvalue weighted by atomic mass is 16.5. The van der Waals surface area contributed by atoms with Gasteiger partial charge in [0.1, 0.15) is 11.5 Å². The zero-order valence-corrected chi connectivity index (χ0v) is 11.4. The van der Waals surface area contributed by atoms with Gasteiger partial charge in [-0.3, -0.25) is 4.79 Å². The lowest BCUT2D eigenvalue weighted by atomic mass is 9.94. The fraction of sp³-hybridized carbons (Fsp3) is 0.312. The Kier molecular flexibility index (Phi) is 3.22. The number of hydrogen-bond acceptors (Lipinski definition) is 3. The van der Waals surface area contributed by atoms with Crippen LogP contribution >= 0.6 is 0 Å². The Morgan fingerprint density at radius 3 is 2.75 bits per heavy atom. The first-order valence-corrected chi connectivity index (χ1v) is 6.70. The average Bonchev–Trinajstić information content (AvgIpc) is 3.14. The molecule has 0 spiro atoms. The standard InChI is InChI=1S/C16H17NO3/c1-19-14-7-3-2-6-13(14)16(8-9-16)15(18)17-11-12-5-4-10-20-12/h2-7,10H,8-9,11H2,1H3,(H,17,18). The summed E-state index contributed by atoms with van der Waals surface area (Å²) in [7, 11) is 1.63. The zero-order valence-electron chi connectivity index (χ0n) is 11.4. The number of carbonyl (C=O) groups excluding carboxylic acids is 1. The van der Waals surface area contributed by atoms with Gasteiger partial charge in [-0.05, 0) is 31.0 Å². The summed E-state index contributed by atoms with van der Waals surface area (Å²) in [6, 6.07) is 11.4. The summed E-state index contributed by atoms with van der Waals surface area (Å²) in [5.41, 5.74) is 0.540. The van der Waals surface area contributed by atoms with E-state index in [0.29, 0.717) is 6.54 Å². The predicted molar refractivity (Wildman–Crippen MR) is 74.5 cm³/mol. The summed E-state index contributed by atoms with van der Waals surface area (Å²) in [4.78, 5) is 12.5. The molecule has 2 aromatic rings. The molecule has 4 nitrogen and oxygen atoms in total.